The molecule has 0 amide bonds. The molecule has 0 spiro atoms. The smallest absolute Gasteiger partial charge is 0.339 e. The van der Waals surface area contributed by atoms with Crippen LogP contribution in [-0.2, 0) is 17.8 Å². The number of carbonyl (C=O) groups excluding carboxylic acids is 1. The van der Waals surface area contributed by atoms with Crippen molar-refractivity contribution in [2.75, 3.05) is 6.61 Å². The number of azide groups is 1. The number of nitrogens with zero attached hydrogens (tertiary/aromatic N) is 5. The van der Waals surface area contributed by atoms with Crippen molar-refractivity contribution < 1.29 is 9.53 Å². The molecule has 2 rings (SSSR count). The summed E-state index contributed by atoms with van der Waals surface area (Å²) in [5.74, 6) is -0.373. The standard InChI is InChI=1S/C15H17N5O2/c1-3-22-15(21)14-8-13(9-18-19-16)20(11(14)2)10-12-6-4-5-7-17-12/h4-8H,3,9-10H2,1-2H3. The summed E-state index contributed by atoms with van der Waals surface area (Å²) in [4.78, 5) is 19.1. The van der Waals surface area contributed by atoms with Crippen LogP contribution in [0.1, 0.15) is 34.4 Å². The van der Waals surface area contributed by atoms with Crippen LogP contribution in [0.5, 0.6) is 0 Å². The summed E-state index contributed by atoms with van der Waals surface area (Å²) >= 11 is 0. The second-order valence-electron chi connectivity index (χ2n) is 4.65. The first-order chi connectivity index (χ1) is 10.7. The summed E-state index contributed by atoms with van der Waals surface area (Å²) in [5, 5.41) is 3.59. The maximum Gasteiger partial charge on any atom is 0.339 e. The van der Waals surface area contributed by atoms with Gasteiger partial charge in [-0.1, -0.05) is 11.2 Å². The van der Waals surface area contributed by atoms with Crippen LogP contribution in [0.3, 0.4) is 0 Å². The van der Waals surface area contributed by atoms with Gasteiger partial charge in [0.05, 0.1) is 31.0 Å². The Labute approximate surface area is 128 Å². The molecule has 114 valence electrons. The zero-order valence-electron chi connectivity index (χ0n) is 12.6. The summed E-state index contributed by atoms with van der Waals surface area (Å²) in [6.07, 6.45) is 1.72. The van der Waals surface area contributed by atoms with Crippen molar-refractivity contribution in [2.45, 2.75) is 26.9 Å². The average Bonchev–Trinajstić information content (AvgIpc) is 2.83. The van der Waals surface area contributed by atoms with E-state index in [9.17, 15) is 4.79 Å². The molecule has 0 aliphatic carbocycles. The molecule has 0 aliphatic rings. The number of hydrogen-bond donors (Lipinski definition) is 0. The maximum atomic E-state index is 12.0. The number of aromatic nitrogens is 2. The number of hydrogen-bond acceptors (Lipinski definition) is 4. The van der Waals surface area contributed by atoms with Crippen molar-refractivity contribution >= 4 is 5.97 Å². The fourth-order valence-electron chi connectivity index (χ4n) is 2.23. The third-order valence-corrected chi connectivity index (χ3v) is 3.29. The lowest BCUT2D eigenvalue weighted by Crippen LogP contribution is -2.09. The Hall–Kier alpha value is -2.79. The lowest BCUT2D eigenvalue weighted by molar-refractivity contribution is 0.0525. The third-order valence-electron chi connectivity index (χ3n) is 3.29. The van der Waals surface area contributed by atoms with E-state index in [1.807, 2.05) is 29.7 Å². The van der Waals surface area contributed by atoms with Gasteiger partial charge >= 0.3 is 5.97 Å². The van der Waals surface area contributed by atoms with E-state index in [1.54, 1.807) is 19.2 Å². The van der Waals surface area contributed by atoms with Crippen molar-refractivity contribution in [1.29, 1.82) is 0 Å². The summed E-state index contributed by atoms with van der Waals surface area (Å²) in [6.45, 7) is 4.59. The lowest BCUT2D eigenvalue weighted by atomic mass is 10.2. The SMILES string of the molecule is CCOC(=O)c1cc(CN=[N+]=[N-])n(Cc2ccccn2)c1C. The highest BCUT2D eigenvalue weighted by Gasteiger charge is 2.18. The molecule has 0 saturated heterocycles. The van der Waals surface area contributed by atoms with E-state index in [4.69, 9.17) is 10.3 Å². The van der Waals surface area contributed by atoms with Gasteiger partial charge in [-0.3, -0.25) is 4.98 Å². The summed E-state index contributed by atoms with van der Waals surface area (Å²) in [5.41, 5.74) is 11.4. The van der Waals surface area contributed by atoms with Gasteiger partial charge in [-0.25, -0.2) is 4.79 Å². The molecular weight excluding hydrogens is 282 g/mol. The highest BCUT2D eigenvalue weighted by Crippen LogP contribution is 2.19. The van der Waals surface area contributed by atoms with Gasteiger partial charge < -0.3 is 9.30 Å². The monoisotopic (exact) mass is 299 g/mol. The lowest BCUT2D eigenvalue weighted by Gasteiger charge is -2.10. The van der Waals surface area contributed by atoms with Crippen LogP contribution in [0.4, 0.5) is 0 Å². The molecule has 2 aromatic heterocycles. The molecule has 0 aliphatic heterocycles. The van der Waals surface area contributed by atoms with E-state index in [0.29, 0.717) is 18.7 Å². The molecule has 0 bridgehead atoms. The maximum absolute atomic E-state index is 12.0. The van der Waals surface area contributed by atoms with Gasteiger partial charge in [-0.2, -0.15) is 0 Å². The summed E-state index contributed by atoms with van der Waals surface area (Å²) in [6, 6.07) is 7.36. The van der Waals surface area contributed by atoms with Crippen molar-refractivity contribution in [2.24, 2.45) is 5.11 Å². The Balaban J connectivity index is 2.40. The predicted octanol–water partition coefficient (Wildman–Crippen LogP) is 3.23. The van der Waals surface area contributed by atoms with E-state index >= 15 is 0 Å². The normalized spacial score (nSPS) is 10.1. The van der Waals surface area contributed by atoms with Crippen LogP contribution in [-0.4, -0.2) is 22.1 Å². The molecule has 0 radical (unpaired) electrons. The molecule has 0 unspecified atom stereocenters. The zero-order valence-corrected chi connectivity index (χ0v) is 12.6. The van der Waals surface area contributed by atoms with E-state index in [-0.39, 0.29) is 12.5 Å². The fourth-order valence-corrected chi connectivity index (χ4v) is 2.23. The average molecular weight is 299 g/mol. The van der Waals surface area contributed by atoms with Crippen LogP contribution in [0, 0.1) is 6.92 Å². The van der Waals surface area contributed by atoms with Gasteiger partial charge in [0, 0.05) is 22.5 Å². The van der Waals surface area contributed by atoms with Crippen LogP contribution >= 0.6 is 0 Å². The second-order valence-corrected chi connectivity index (χ2v) is 4.65. The second kappa shape index (κ2) is 7.28. The Kier molecular flexibility index (Phi) is 5.16. The number of pyridine rings is 1. The van der Waals surface area contributed by atoms with Crippen molar-refractivity contribution in [3.8, 4) is 0 Å². The van der Waals surface area contributed by atoms with Gasteiger partial charge in [0.2, 0.25) is 0 Å². The largest absolute Gasteiger partial charge is 0.462 e. The molecule has 22 heavy (non-hydrogen) atoms. The van der Waals surface area contributed by atoms with Crippen LogP contribution in [0.2, 0.25) is 0 Å². The zero-order chi connectivity index (χ0) is 15.9. The minimum Gasteiger partial charge on any atom is -0.462 e. The third kappa shape index (κ3) is 3.45. The van der Waals surface area contributed by atoms with E-state index in [2.05, 4.69) is 15.0 Å². The highest BCUT2D eigenvalue weighted by atomic mass is 16.5. The number of ether oxygens (including phenoxy) is 1. The van der Waals surface area contributed by atoms with Gasteiger partial charge in [0.1, 0.15) is 0 Å². The topological polar surface area (TPSA) is 92.9 Å². The van der Waals surface area contributed by atoms with E-state index in [1.165, 1.54) is 0 Å². The molecule has 2 heterocycles. The molecule has 7 nitrogen and oxygen atoms in total. The van der Waals surface area contributed by atoms with Gasteiger partial charge in [0.25, 0.3) is 0 Å². The number of esters is 1. The summed E-state index contributed by atoms with van der Waals surface area (Å²) < 4.78 is 6.98. The predicted molar refractivity (Wildman–Crippen MR) is 81.3 cm³/mol. The van der Waals surface area contributed by atoms with Crippen molar-refractivity contribution in [1.82, 2.24) is 9.55 Å². The molecular formula is C15H17N5O2. The minimum atomic E-state index is -0.373. The van der Waals surface area contributed by atoms with Crippen LogP contribution < -0.4 is 0 Å². The highest BCUT2D eigenvalue weighted by molar-refractivity contribution is 5.91. The fraction of sp³-hybridized carbons (Fsp3) is 0.333. The first-order valence-electron chi connectivity index (χ1n) is 6.94. The first kappa shape index (κ1) is 15.6. The molecule has 0 saturated carbocycles. The number of rotatable bonds is 6. The van der Waals surface area contributed by atoms with Gasteiger partial charge in [-0.05, 0) is 37.6 Å². The van der Waals surface area contributed by atoms with Gasteiger partial charge in [0.15, 0.2) is 0 Å². The Morgan fingerprint density at radius 1 is 1.50 bits per heavy atom. The van der Waals surface area contributed by atoms with Crippen LogP contribution in [0.25, 0.3) is 10.4 Å². The Morgan fingerprint density at radius 2 is 2.32 bits per heavy atom. The Bertz CT molecular complexity index is 702. The van der Waals surface area contributed by atoms with Gasteiger partial charge in [-0.15, -0.1) is 0 Å². The molecule has 0 N–H and O–H groups in total. The van der Waals surface area contributed by atoms with E-state index < -0.39 is 0 Å². The molecule has 0 aromatic carbocycles. The molecule has 0 fully saturated rings. The van der Waals surface area contributed by atoms with Crippen molar-refractivity contribution in [3.63, 3.8) is 0 Å². The molecule has 2 aromatic rings. The minimum absolute atomic E-state index is 0.170. The number of carbonyl (C=O) groups is 1. The molecule has 7 heteroatoms. The van der Waals surface area contributed by atoms with E-state index in [0.717, 1.165) is 17.1 Å². The van der Waals surface area contributed by atoms with Crippen molar-refractivity contribution in [3.05, 3.63) is 63.6 Å². The Morgan fingerprint density at radius 3 is 2.95 bits per heavy atom. The van der Waals surface area contributed by atoms with Crippen LogP contribution in [0.15, 0.2) is 35.6 Å². The summed E-state index contributed by atoms with van der Waals surface area (Å²) in [7, 11) is 0. The molecule has 0 atom stereocenters. The first-order valence-corrected chi connectivity index (χ1v) is 6.94. The quantitative estimate of drug-likeness (QED) is 0.355.